The molecule has 6 heteroatoms. The molecule has 1 heterocycles. The zero-order chi connectivity index (χ0) is 22.3. The highest BCUT2D eigenvalue weighted by Crippen LogP contribution is 2.39. The van der Waals surface area contributed by atoms with Crippen LogP contribution in [0.15, 0.2) is 78.9 Å². The summed E-state index contributed by atoms with van der Waals surface area (Å²) >= 11 is 1.63. The van der Waals surface area contributed by atoms with Crippen LogP contribution in [0.3, 0.4) is 0 Å². The molecule has 3 aromatic rings. The molecular weight excluding hydrogens is 420 g/mol. The lowest BCUT2D eigenvalue weighted by Gasteiger charge is -2.24. The minimum Gasteiger partial charge on any atom is -0.497 e. The Morgan fingerprint density at radius 3 is 2.41 bits per heavy atom. The van der Waals surface area contributed by atoms with Gasteiger partial charge in [0.1, 0.15) is 11.1 Å². The molecule has 1 saturated heterocycles. The van der Waals surface area contributed by atoms with Gasteiger partial charge in [0, 0.05) is 18.7 Å². The van der Waals surface area contributed by atoms with Crippen LogP contribution in [0.1, 0.15) is 32.4 Å². The lowest BCUT2D eigenvalue weighted by molar-refractivity contribution is -0.128. The first-order chi connectivity index (χ1) is 15.6. The second kappa shape index (κ2) is 10.4. The van der Waals surface area contributed by atoms with Gasteiger partial charge in [-0.1, -0.05) is 54.6 Å². The number of ether oxygens (including phenoxy) is 1. The van der Waals surface area contributed by atoms with Crippen molar-refractivity contribution in [1.82, 2.24) is 10.2 Å². The number of hydrogen-bond acceptors (Lipinski definition) is 4. The van der Waals surface area contributed by atoms with Crippen LogP contribution in [0.4, 0.5) is 0 Å². The minimum atomic E-state index is -0.0960. The number of methoxy groups -OCH3 is 1. The fourth-order valence-corrected chi connectivity index (χ4v) is 4.88. The Bertz CT molecular complexity index is 1050. The number of carbonyl (C=O) groups is 2. The molecule has 1 aliphatic rings. The van der Waals surface area contributed by atoms with Gasteiger partial charge in [-0.25, -0.2) is 0 Å². The highest BCUT2D eigenvalue weighted by atomic mass is 32.2. The van der Waals surface area contributed by atoms with Crippen molar-refractivity contribution in [3.63, 3.8) is 0 Å². The molecule has 1 N–H and O–H groups in total. The Morgan fingerprint density at radius 1 is 1.00 bits per heavy atom. The van der Waals surface area contributed by atoms with Crippen molar-refractivity contribution >= 4 is 23.6 Å². The highest BCUT2D eigenvalue weighted by Gasteiger charge is 2.32. The number of nitrogens with zero attached hydrogens (tertiary/aromatic N) is 1. The average molecular weight is 447 g/mol. The van der Waals surface area contributed by atoms with E-state index in [1.165, 1.54) is 0 Å². The molecule has 32 heavy (non-hydrogen) atoms. The number of amides is 2. The first-order valence-electron chi connectivity index (χ1n) is 10.6. The Morgan fingerprint density at radius 2 is 1.72 bits per heavy atom. The SMILES string of the molecule is COc1ccc(CCNC(=O)c2ccc(C3SCC(=O)N3Cc3ccccc3)cc2)cc1. The number of rotatable bonds is 8. The van der Waals surface area contributed by atoms with E-state index < -0.39 is 0 Å². The lowest BCUT2D eigenvalue weighted by atomic mass is 10.1. The van der Waals surface area contributed by atoms with Gasteiger partial charge in [-0.3, -0.25) is 9.59 Å². The quantitative estimate of drug-likeness (QED) is 0.556. The van der Waals surface area contributed by atoms with Crippen LogP contribution in [-0.2, 0) is 17.8 Å². The maximum absolute atomic E-state index is 12.5. The molecule has 0 spiro atoms. The van der Waals surface area contributed by atoms with Gasteiger partial charge in [-0.05, 0) is 47.4 Å². The molecule has 1 atom stereocenters. The molecule has 0 bridgehead atoms. The van der Waals surface area contributed by atoms with Gasteiger partial charge in [0.15, 0.2) is 0 Å². The van der Waals surface area contributed by atoms with Crippen LogP contribution in [-0.4, -0.2) is 36.1 Å². The summed E-state index contributed by atoms with van der Waals surface area (Å²) in [5, 5.41) is 2.94. The van der Waals surface area contributed by atoms with Gasteiger partial charge in [0.25, 0.3) is 5.91 Å². The molecule has 1 aliphatic heterocycles. The van der Waals surface area contributed by atoms with Crippen LogP contribution in [0.25, 0.3) is 0 Å². The van der Waals surface area contributed by atoms with Gasteiger partial charge in [0.05, 0.1) is 12.9 Å². The molecule has 164 valence electrons. The van der Waals surface area contributed by atoms with Crippen molar-refractivity contribution in [2.45, 2.75) is 18.3 Å². The van der Waals surface area contributed by atoms with E-state index in [4.69, 9.17) is 4.74 Å². The summed E-state index contributed by atoms with van der Waals surface area (Å²) in [6.07, 6.45) is 0.753. The highest BCUT2D eigenvalue weighted by molar-refractivity contribution is 8.00. The third kappa shape index (κ3) is 5.32. The van der Waals surface area contributed by atoms with Gasteiger partial charge >= 0.3 is 0 Å². The molecule has 0 aromatic heterocycles. The van der Waals surface area contributed by atoms with Gasteiger partial charge in [0.2, 0.25) is 5.91 Å². The second-order valence-electron chi connectivity index (χ2n) is 7.65. The Balaban J connectivity index is 1.34. The molecule has 2 amide bonds. The summed E-state index contributed by atoms with van der Waals surface area (Å²) in [4.78, 5) is 26.9. The molecule has 0 aliphatic carbocycles. The molecule has 5 nitrogen and oxygen atoms in total. The number of benzene rings is 3. The van der Waals surface area contributed by atoms with Crippen LogP contribution in [0, 0.1) is 0 Å². The zero-order valence-corrected chi connectivity index (χ0v) is 18.8. The van der Waals surface area contributed by atoms with Crippen molar-refractivity contribution in [1.29, 1.82) is 0 Å². The molecule has 0 radical (unpaired) electrons. The number of nitrogens with one attached hydrogen (secondary N) is 1. The van der Waals surface area contributed by atoms with Crippen LogP contribution < -0.4 is 10.1 Å². The minimum absolute atomic E-state index is 0.0325. The number of thioether (sulfide) groups is 1. The van der Waals surface area contributed by atoms with Crippen molar-refractivity contribution < 1.29 is 14.3 Å². The largest absolute Gasteiger partial charge is 0.497 e. The first kappa shape index (κ1) is 22.0. The van der Waals surface area contributed by atoms with E-state index in [-0.39, 0.29) is 17.2 Å². The third-order valence-electron chi connectivity index (χ3n) is 5.48. The Labute approximate surface area is 192 Å². The standard InChI is InChI=1S/C26H26N2O3S/c1-31-23-13-7-19(8-14-23)15-16-27-25(30)21-9-11-22(12-10-21)26-28(24(29)18-32-26)17-20-5-3-2-4-6-20/h2-14,26H,15-18H2,1H3,(H,27,30). The maximum atomic E-state index is 12.5. The Kier molecular flexibility index (Phi) is 7.12. The van der Waals surface area contributed by atoms with E-state index in [1.54, 1.807) is 18.9 Å². The number of hydrogen-bond donors (Lipinski definition) is 1. The second-order valence-corrected chi connectivity index (χ2v) is 8.72. The normalized spacial score (nSPS) is 15.6. The first-order valence-corrected chi connectivity index (χ1v) is 11.6. The van der Waals surface area contributed by atoms with Crippen LogP contribution in [0.5, 0.6) is 5.75 Å². The maximum Gasteiger partial charge on any atom is 0.251 e. The molecule has 3 aromatic carbocycles. The molecular formula is C26H26N2O3S. The topological polar surface area (TPSA) is 58.6 Å². The summed E-state index contributed by atoms with van der Waals surface area (Å²) in [5.74, 6) is 1.35. The zero-order valence-electron chi connectivity index (χ0n) is 18.0. The summed E-state index contributed by atoms with van der Waals surface area (Å²) in [6.45, 7) is 1.15. The monoisotopic (exact) mass is 446 g/mol. The van der Waals surface area contributed by atoms with E-state index in [0.29, 0.717) is 24.4 Å². The molecule has 1 fully saturated rings. The van der Waals surface area contributed by atoms with E-state index in [0.717, 1.165) is 28.9 Å². The smallest absolute Gasteiger partial charge is 0.251 e. The molecule has 4 rings (SSSR count). The summed E-state index contributed by atoms with van der Waals surface area (Å²) in [5.41, 5.74) is 3.91. The molecule has 0 saturated carbocycles. The summed E-state index contributed by atoms with van der Waals surface area (Å²) in [7, 11) is 1.64. The van der Waals surface area contributed by atoms with Crippen molar-refractivity contribution in [2.75, 3.05) is 19.4 Å². The molecule has 1 unspecified atom stereocenters. The predicted octanol–water partition coefficient (Wildman–Crippen LogP) is 4.44. The summed E-state index contributed by atoms with van der Waals surface area (Å²) < 4.78 is 5.17. The summed E-state index contributed by atoms with van der Waals surface area (Å²) in [6, 6.07) is 25.4. The lowest BCUT2D eigenvalue weighted by Crippen LogP contribution is -2.28. The van der Waals surface area contributed by atoms with Crippen molar-refractivity contribution in [3.05, 3.63) is 101 Å². The van der Waals surface area contributed by atoms with Crippen LogP contribution >= 0.6 is 11.8 Å². The van der Waals surface area contributed by atoms with E-state index >= 15 is 0 Å². The van der Waals surface area contributed by atoms with Crippen molar-refractivity contribution in [2.24, 2.45) is 0 Å². The van der Waals surface area contributed by atoms with E-state index in [9.17, 15) is 9.59 Å². The van der Waals surface area contributed by atoms with E-state index in [2.05, 4.69) is 5.32 Å². The fourth-order valence-electron chi connectivity index (χ4n) is 3.70. The number of carbonyl (C=O) groups excluding carboxylic acids is 2. The Hall–Kier alpha value is -3.25. The van der Waals surface area contributed by atoms with Gasteiger partial charge in [-0.15, -0.1) is 11.8 Å². The van der Waals surface area contributed by atoms with E-state index in [1.807, 2.05) is 83.8 Å². The predicted molar refractivity (Wildman–Crippen MR) is 128 cm³/mol. The van der Waals surface area contributed by atoms with Gasteiger partial charge < -0.3 is 15.0 Å². The van der Waals surface area contributed by atoms with Crippen molar-refractivity contribution in [3.8, 4) is 5.75 Å². The van der Waals surface area contributed by atoms with Gasteiger partial charge in [-0.2, -0.15) is 0 Å². The fraction of sp³-hybridized carbons (Fsp3) is 0.231. The average Bonchev–Trinajstić information content (AvgIpc) is 3.20. The van der Waals surface area contributed by atoms with Crippen LogP contribution in [0.2, 0.25) is 0 Å². The third-order valence-corrected chi connectivity index (χ3v) is 6.74.